The third-order valence-corrected chi connectivity index (χ3v) is 6.06. The minimum absolute atomic E-state index is 0.0353. The van der Waals surface area contributed by atoms with Crippen molar-refractivity contribution in [3.63, 3.8) is 0 Å². The van der Waals surface area contributed by atoms with E-state index in [0.717, 1.165) is 24.5 Å². The Balaban J connectivity index is 1.61. The number of nitrogens with zero attached hydrogens (tertiary/aromatic N) is 4. The Bertz CT molecular complexity index is 819. The molecule has 2 heterocycles. The third-order valence-electron chi connectivity index (χ3n) is 4.51. The molecule has 1 aliphatic rings. The number of amides is 1. The molecule has 26 heavy (non-hydrogen) atoms. The van der Waals surface area contributed by atoms with Gasteiger partial charge in [0, 0.05) is 37.9 Å². The van der Waals surface area contributed by atoms with Crippen molar-refractivity contribution in [2.45, 2.75) is 13.5 Å². The maximum atomic E-state index is 12.6. The van der Waals surface area contributed by atoms with Gasteiger partial charge in [0.25, 0.3) is 0 Å². The highest BCUT2D eigenvalue weighted by molar-refractivity contribution is 9.10. The molecule has 0 aliphatic carbocycles. The second kappa shape index (κ2) is 8.06. The van der Waals surface area contributed by atoms with Crippen LogP contribution in [-0.2, 0) is 11.3 Å². The molecule has 0 bridgehead atoms. The minimum atomic E-state index is 0.0353. The van der Waals surface area contributed by atoms with E-state index in [0.29, 0.717) is 33.5 Å². The maximum absolute atomic E-state index is 12.6. The lowest BCUT2D eigenvalue weighted by molar-refractivity contribution is -0.132. The number of hydrogen-bond donors (Lipinski definition) is 0. The zero-order valence-electron chi connectivity index (χ0n) is 14.5. The largest absolute Gasteiger partial charge is 0.495 e. The molecule has 0 atom stereocenters. The van der Waals surface area contributed by atoms with Crippen LogP contribution in [0.1, 0.15) is 5.69 Å². The van der Waals surface area contributed by atoms with Crippen molar-refractivity contribution < 1.29 is 9.53 Å². The van der Waals surface area contributed by atoms with Gasteiger partial charge in [-0.25, -0.2) is 0 Å². The first kappa shape index (κ1) is 19.3. The van der Waals surface area contributed by atoms with Crippen molar-refractivity contribution in [1.82, 2.24) is 14.7 Å². The van der Waals surface area contributed by atoms with E-state index in [9.17, 15) is 4.79 Å². The molecule has 0 saturated carbocycles. The van der Waals surface area contributed by atoms with Gasteiger partial charge in [-0.15, -0.1) is 0 Å². The number of halogens is 3. The lowest BCUT2D eigenvalue weighted by Crippen LogP contribution is -2.49. The second-order valence-corrected chi connectivity index (χ2v) is 7.57. The Kier molecular flexibility index (Phi) is 5.99. The highest BCUT2D eigenvalue weighted by Crippen LogP contribution is 2.30. The van der Waals surface area contributed by atoms with E-state index in [4.69, 9.17) is 27.9 Å². The number of rotatable bonds is 4. The van der Waals surface area contributed by atoms with Gasteiger partial charge in [0.05, 0.1) is 22.8 Å². The van der Waals surface area contributed by atoms with E-state index in [1.807, 2.05) is 30.0 Å². The number of benzene rings is 1. The summed E-state index contributed by atoms with van der Waals surface area (Å²) in [5.41, 5.74) is 1.82. The van der Waals surface area contributed by atoms with E-state index >= 15 is 0 Å². The van der Waals surface area contributed by atoms with Crippen LogP contribution in [0.15, 0.2) is 22.8 Å². The molecule has 6 nitrogen and oxygen atoms in total. The number of methoxy groups -OCH3 is 1. The van der Waals surface area contributed by atoms with Crippen LogP contribution in [0.4, 0.5) is 5.69 Å². The molecule has 0 N–H and O–H groups in total. The Morgan fingerprint density at radius 3 is 2.54 bits per heavy atom. The fourth-order valence-electron chi connectivity index (χ4n) is 2.93. The van der Waals surface area contributed by atoms with Crippen molar-refractivity contribution >= 4 is 50.7 Å². The molecule has 1 saturated heterocycles. The van der Waals surface area contributed by atoms with Gasteiger partial charge in [0.2, 0.25) is 5.91 Å². The predicted octanol–water partition coefficient (Wildman–Crippen LogP) is 3.62. The molecular formula is C17H19BrCl2N4O2. The first-order valence-electron chi connectivity index (χ1n) is 8.15. The summed E-state index contributed by atoms with van der Waals surface area (Å²) < 4.78 is 7.47. The quantitative estimate of drug-likeness (QED) is 0.697. The van der Waals surface area contributed by atoms with Crippen LogP contribution < -0.4 is 9.64 Å². The summed E-state index contributed by atoms with van der Waals surface area (Å²) in [5, 5.41) is 5.38. The summed E-state index contributed by atoms with van der Waals surface area (Å²) in [5.74, 6) is 0.687. The maximum Gasteiger partial charge on any atom is 0.244 e. The molecule has 3 rings (SSSR count). The lowest BCUT2D eigenvalue weighted by atomic mass is 10.2. The van der Waals surface area contributed by atoms with Crippen molar-refractivity contribution in [3.05, 3.63) is 38.5 Å². The summed E-state index contributed by atoms with van der Waals surface area (Å²) in [6, 6.07) is 5.72. The molecular weight excluding hydrogens is 443 g/mol. The number of anilines is 1. The second-order valence-electron chi connectivity index (χ2n) is 6.03. The standard InChI is InChI=1S/C17H19BrCl2N4O2/c1-11-16(20)17(18)21-24(11)10-15(25)23-7-5-22(6-8-23)12-3-4-13(19)14(9-12)26-2/h3-4,9H,5-8,10H2,1-2H3. The molecule has 1 aromatic heterocycles. The van der Waals surface area contributed by atoms with Gasteiger partial charge in [-0.1, -0.05) is 23.2 Å². The summed E-state index contributed by atoms with van der Waals surface area (Å²) in [4.78, 5) is 16.7. The molecule has 0 spiro atoms. The molecule has 0 unspecified atom stereocenters. The van der Waals surface area contributed by atoms with Gasteiger partial charge in [0.15, 0.2) is 0 Å². The number of hydrogen-bond acceptors (Lipinski definition) is 4. The van der Waals surface area contributed by atoms with Gasteiger partial charge in [-0.3, -0.25) is 9.48 Å². The first-order chi connectivity index (χ1) is 12.4. The van der Waals surface area contributed by atoms with E-state index in [1.165, 1.54) is 0 Å². The smallest absolute Gasteiger partial charge is 0.244 e. The number of ether oxygens (including phenoxy) is 1. The molecule has 1 fully saturated rings. The van der Waals surface area contributed by atoms with Crippen LogP contribution >= 0.6 is 39.1 Å². The molecule has 0 radical (unpaired) electrons. The highest BCUT2D eigenvalue weighted by atomic mass is 79.9. The zero-order valence-corrected chi connectivity index (χ0v) is 17.6. The molecule has 1 amide bonds. The Morgan fingerprint density at radius 2 is 1.96 bits per heavy atom. The van der Waals surface area contributed by atoms with Crippen LogP contribution in [0.25, 0.3) is 0 Å². The van der Waals surface area contributed by atoms with Crippen LogP contribution in [-0.4, -0.2) is 53.9 Å². The zero-order chi connectivity index (χ0) is 18.8. The summed E-state index contributed by atoms with van der Waals surface area (Å²) in [6.07, 6.45) is 0. The Hall–Kier alpha value is -1.44. The monoisotopic (exact) mass is 460 g/mol. The SMILES string of the molecule is COc1cc(N2CCN(C(=O)Cn3nc(Br)c(Cl)c3C)CC2)ccc1Cl. The van der Waals surface area contributed by atoms with Crippen molar-refractivity contribution in [3.8, 4) is 5.75 Å². The number of aromatic nitrogens is 2. The average molecular weight is 462 g/mol. The first-order valence-corrected chi connectivity index (χ1v) is 9.70. The third kappa shape index (κ3) is 3.94. The van der Waals surface area contributed by atoms with Crippen molar-refractivity contribution in [2.24, 2.45) is 0 Å². The van der Waals surface area contributed by atoms with Gasteiger partial charge >= 0.3 is 0 Å². The molecule has 140 valence electrons. The normalized spacial score (nSPS) is 14.7. The number of carbonyl (C=O) groups excluding carboxylic acids is 1. The molecule has 1 aliphatic heterocycles. The predicted molar refractivity (Wildman–Crippen MR) is 106 cm³/mol. The highest BCUT2D eigenvalue weighted by Gasteiger charge is 2.23. The molecule has 2 aromatic rings. The Morgan fingerprint density at radius 1 is 1.27 bits per heavy atom. The average Bonchev–Trinajstić information content (AvgIpc) is 2.89. The molecule has 1 aromatic carbocycles. The molecule has 9 heteroatoms. The van der Waals surface area contributed by atoms with Crippen LogP contribution in [0.5, 0.6) is 5.75 Å². The fourth-order valence-corrected chi connectivity index (χ4v) is 3.74. The van der Waals surface area contributed by atoms with Crippen LogP contribution in [0.2, 0.25) is 10.0 Å². The summed E-state index contributed by atoms with van der Waals surface area (Å²) in [7, 11) is 1.60. The topological polar surface area (TPSA) is 50.6 Å². The van der Waals surface area contributed by atoms with Crippen molar-refractivity contribution in [1.29, 1.82) is 0 Å². The van der Waals surface area contributed by atoms with Gasteiger partial charge in [-0.2, -0.15) is 5.10 Å². The Labute approximate surface area is 170 Å². The van der Waals surface area contributed by atoms with Crippen LogP contribution in [0.3, 0.4) is 0 Å². The summed E-state index contributed by atoms with van der Waals surface area (Å²) in [6.45, 7) is 4.83. The van der Waals surface area contributed by atoms with Gasteiger partial charge in [-0.05, 0) is 35.0 Å². The lowest BCUT2D eigenvalue weighted by Gasteiger charge is -2.36. The van der Waals surface area contributed by atoms with Crippen molar-refractivity contribution in [2.75, 3.05) is 38.2 Å². The van der Waals surface area contributed by atoms with E-state index in [1.54, 1.807) is 11.8 Å². The van der Waals surface area contributed by atoms with Gasteiger partial charge < -0.3 is 14.5 Å². The minimum Gasteiger partial charge on any atom is -0.495 e. The number of piperazine rings is 1. The fraction of sp³-hybridized carbons (Fsp3) is 0.412. The van der Waals surface area contributed by atoms with Gasteiger partial charge in [0.1, 0.15) is 16.9 Å². The van der Waals surface area contributed by atoms with E-state index < -0.39 is 0 Å². The van der Waals surface area contributed by atoms with E-state index in [-0.39, 0.29) is 12.5 Å². The van der Waals surface area contributed by atoms with Crippen LogP contribution in [0, 0.1) is 6.92 Å². The van der Waals surface area contributed by atoms with E-state index in [2.05, 4.69) is 25.9 Å². The summed E-state index contributed by atoms with van der Waals surface area (Å²) >= 11 is 15.5. The number of carbonyl (C=O) groups is 1.